The number of halogens is 1. The number of thioether (sulfide) groups is 1. The Morgan fingerprint density at radius 2 is 2.21 bits per heavy atom. The number of rotatable bonds is 6. The Morgan fingerprint density at radius 3 is 2.74 bits per heavy atom. The average Bonchev–Trinajstić information content (AvgIpc) is 3.07. The van der Waals surface area contributed by atoms with E-state index in [1.807, 2.05) is 11.8 Å². The van der Waals surface area contributed by atoms with Gasteiger partial charge in [-0.15, -0.1) is 12.4 Å². The van der Waals surface area contributed by atoms with Crippen LogP contribution in [0.4, 0.5) is 0 Å². The molecule has 1 saturated carbocycles. The minimum atomic E-state index is 0. The van der Waals surface area contributed by atoms with Crippen molar-refractivity contribution in [2.24, 2.45) is 11.3 Å². The molecule has 3 nitrogen and oxygen atoms in total. The van der Waals surface area contributed by atoms with Crippen molar-refractivity contribution in [3.05, 3.63) is 0 Å². The van der Waals surface area contributed by atoms with Gasteiger partial charge in [0.2, 0.25) is 5.91 Å². The first-order valence-corrected chi connectivity index (χ1v) is 8.33. The van der Waals surface area contributed by atoms with E-state index in [1.54, 1.807) is 0 Å². The van der Waals surface area contributed by atoms with E-state index in [2.05, 4.69) is 24.5 Å². The lowest BCUT2D eigenvalue weighted by atomic mass is 9.94. The topological polar surface area (TPSA) is 41.1 Å². The molecule has 1 heterocycles. The quantitative estimate of drug-likeness (QED) is 0.792. The molecule has 2 fully saturated rings. The molecule has 1 saturated heterocycles. The van der Waals surface area contributed by atoms with Gasteiger partial charge in [-0.25, -0.2) is 0 Å². The van der Waals surface area contributed by atoms with Crippen LogP contribution in [-0.4, -0.2) is 36.5 Å². The summed E-state index contributed by atoms with van der Waals surface area (Å²) in [4.78, 5) is 11.9. The van der Waals surface area contributed by atoms with E-state index in [0.717, 1.165) is 24.8 Å². The summed E-state index contributed by atoms with van der Waals surface area (Å²) in [5, 5.41) is 6.56. The zero-order valence-electron chi connectivity index (χ0n) is 12.0. The van der Waals surface area contributed by atoms with Crippen LogP contribution in [0.1, 0.15) is 39.5 Å². The maximum absolute atomic E-state index is 11.9. The zero-order valence-corrected chi connectivity index (χ0v) is 13.7. The van der Waals surface area contributed by atoms with Gasteiger partial charge in [0.15, 0.2) is 0 Å². The van der Waals surface area contributed by atoms with Gasteiger partial charge in [0.25, 0.3) is 0 Å². The van der Waals surface area contributed by atoms with Crippen LogP contribution in [0.2, 0.25) is 0 Å². The predicted molar refractivity (Wildman–Crippen MR) is 85.1 cm³/mol. The van der Waals surface area contributed by atoms with Gasteiger partial charge in [-0.3, -0.25) is 4.79 Å². The molecule has 1 aliphatic carbocycles. The molecule has 1 atom stereocenters. The third-order valence-corrected chi connectivity index (χ3v) is 5.02. The maximum atomic E-state index is 11.9. The van der Waals surface area contributed by atoms with Crippen LogP contribution in [0.3, 0.4) is 0 Å². The van der Waals surface area contributed by atoms with Crippen molar-refractivity contribution in [3.63, 3.8) is 0 Å². The fourth-order valence-corrected chi connectivity index (χ4v) is 3.78. The van der Waals surface area contributed by atoms with Crippen LogP contribution < -0.4 is 10.6 Å². The van der Waals surface area contributed by atoms with Crippen molar-refractivity contribution in [2.75, 3.05) is 24.6 Å². The predicted octanol–water partition coefficient (Wildman–Crippen LogP) is 2.45. The van der Waals surface area contributed by atoms with Gasteiger partial charge in [-0.05, 0) is 30.6 Å². The molecule has 2 rings (SSSR count). The van der Waals surface area contributed by atoms with Crippen molar-refractivity contribution in [1.82, 2.24) is 10.6 Å². The Hall–Kier alpha value is 0.0700. The second-order valence-corrected chi connectivity index (χ2v) is 7.45. The lowest BCUT2D eigenvalue weighted by Crippen LogP contribution is -2.42. The van der Waals surface area contributed by atoms with Gasteiger partial charge in [0, 0.05) is 37.1 Å². The van der Waals surface area contributed by atoms with Gasteiger partial charge in [-0.2, -0.15) is 11.8 Å². The number of carbonyl (C=O) groups excluding carboxylic acids is 1. The van der Waals surface area contributed by atoms with Gasteiger partial charge < -0.3 is 10.6 Å². The molecule has 1 aliphatic heterocycles. The highest BCUT2D eigenvalue weighted by Crippen LogP contribution is 2.49. The van der Waals surface area contributed by atoms with E-state index in [0.29, 0.717) is 17.9 Å². The first kappa shape index (κ1) is 17.1. The fourth-order valence-electron chi connectivity index (χ4n) is 2.83. The summed E-state index contributed by atoms with van der Waals surface area (Å²) in [7, 11) is 0. The second kappa shape index (κ2) is 7.75. The Bertz CT molecular complexity index is 289. The van der Waals surface area contributed by atoms with Crippen molar-refractivity contribution >= 4 is 30.1 Å². The van der Waals surface area contributed by atoms with E-state index >= 15 is 0 Å². The number of carbonyl (C=O) groups is 1. The standard InChI is InChI=1S/C14H26N2OS.ClH/c1-11(2)8-14(3-4-14)10-16-13(17)7-12-9-18-6-5-15-12;/h11-12,15H,3-10H2,1-2H3,(H,16,17);1H. The molecular weight excluding hydrogens is 280 g/mol. The van der Waals surface area contributed by atoms with E-state index in [9.17, 15) is 4.79 Å². The van der Waals surface area contributed by atoms with Crippen molar-refractivity contribution in [3.8, 4) is 0 Å². The average molecular weight is 307 g/mol. The van der Waals surface area contributed by atoms with Crippen molar-refractivity contribution < 1.29 is 4.79 Å². The lowest BCUT2D eigenvalue weighted by Gasteiger charge is -2.23. The lowest BCUT2D eigenvalue weighted by molar-refractivity contribution is -0.121. The number of amides is 1. The van der Waals surface area contributed by atoms with Crippen LogP contribution in [0.5, 0.6) is 0 Å². The van der Waals surface area contributed by atoms with E-state index in [-0.39, 0.29) is 18.3 Å². The minimum absolute atomic E-state index is 0. The van der Waals surface area contributed by atoms with E-state index < -0.39 is 0 Å². The molecule has 1 amide bonds. The summed E-state index contributed by atoms with van der Waals surface area (Å²) in [6, 6.07) is 0.379. The summed E-state index contributed by atoms with van der Waals surface area (Å²) in [6.45, 7) is 6.47. The highest BCUT2D eigenvalue weighted by molar-refractivity contribution is 7.99. The Kier molecular flexibility index (Phi) is 6.98. The van der Waals surface area contributed by atoms with Gasteiger partial charge >= 0.3 is 0 Å². The molecule has 2 aliphatic rings. The van der Waals surface area contributed by atoms with Crippen LogP contribution in [0.25, 0.3) is 0 Å². The molecular formula is C14H27ClN2OS. The SMILES string of the molecule is CC(C)CC1(CNC(=O)CC2CSCCN2)CC1.Cl. The largest absolute Gasteiger partial charge is 0.355 e. The fraction of sp³-hybridized carbons (Fsp3) is 0.929. The maximum Gasteiger partial charge on any atom is 0.221 e. The number of hydrogen-bond donors (Lipinski definition) is 2. The van der Waals surface area contributed by atoms with Gasteiger partial charge in [0.05, 0.1) is 0 Å². The molecule has 19 heavy (non-hydrogen) atoms. The van der Waals surface area contributed by atoms with Crippen LogP contribution >= 0.6 is 24.2 Å². The third-order valence-electron chi connectivity index (χ3n) is 3.89. The molecule has 0 aromatic heterocycles. The Morgan fingerprint density at radius 1 is 1.47 bits per heavy atom. The summed E-state index contributed by atoms with van der Waals surface area (Å²) in [5.74, 6) is 3.21. The molecule has 0 spiro atoms. The van der Waals surface area contributed by atoms with Gasteiger partial charge in [-0.1, -0.05) is 13.8 Å². The first-order chi connectivity index (χ1) is 8.60. The molecule has 0 aromatic rings. The first-order valence-electron chi connectivity index (χ1n) is 7.17. The number of nitrogens with one attached hydrogen (secondary N) is 2. The monoisotopic (exact) mass is 306 g/mol. The minimum Gasteiger partial charge on any atom is -0.355 e. The molecule has 0 bridgehead atoms. The smallest absolute Gasteiger partial charge is 0.221 e. The molecule has 5 heteroatoms. The zero-order chi connectivity index (χ0) is 13.0. The van der Waals surface area contributed by atoms with Gasteiger partial charge in [0.1, 0.15) is 0 Å². The Balaban J connectivity index is 0.00000180. The molecule has 2 N–H and O–H groups in total. The Labute approximate surface area is 127 Å². The molecule has 1 unspecified atom stereocenters. The molecule has 0 aromatic carbocycles. The van der Waals surface area contributed by atoms with E-state index in [4.69, 9.17) is 0 Å². The van der Waals surface area contributed by atoms with E-state index in [1.165, 1.54) is 25.0 Å². The summed E-state index contributed by atoms with van der Waals surface area (Å²) in [5.41, 5.74) is 0.443. The van der Waals surface area contributed by atoms with Crippen LogP contribution in [0, 0.1) is 11.3 Å². The summed E-state index contributed by atoms with van der Waals surface area (Å²) < 4.78 is 0. The summed E-state index contributed by atoms with van der Waals surface area (Å²) >= 11 is 1.95. The highest BCUT2D eigenvalue weighted by Gasteiger charge is 2.42. The normalized spacial score (nSPS) is 24.7. The van der Waals surface area contributed by atoms with Crippen LogP contribution in [0.15, 0.2) is 0 Å². The van der Waals surface area contributed by atoms with Crippen molar-refractivity contribution in [2.45, 2.75) is 45.6 Å². The molecule has 0 radical (unpaired) electrons. The highest BCUT2D eigenvalue weighted by atomic mass is 35.5. The summed E-state index contributed by atoms with van der Waals surface area (Å²) in [6.07, 6.45) is 4.49. The molecule has 112 valence electrons. The number of hydrogen-bond acceptors (Lipinski definition) is 3. The second-order valence-electron chi connectivity index (χ2n) is 6.30. The third kappa shape index (κ3) is 5.92. The van der Waals surface area contributed by atoms with Crippen LogP contribution in [-0.2, 0) is 4.79 Å². The van der Waals surface area contributed by atoms with Crippen molar-refractivity contribution in [1.29, 1.82) is 0 Å².